The van der Waals surface area contributed by atoms with Crippen LogP contribution in [-0.4, -0.2) is 17.8 Å². The second-order valence-corrected chi connectivity index (χ2v) is 5.28. The van der Waals surface area contributed by atoms with Crippen molar-refractivity contribution in [3.05, 3.63) is 29.8 Å². The Morgan fingerprint density at radius 3 is 2.80 bits per heavy atom. The van der Waals surface area contributed by atoms with Gasteiger partial charge in [0.25, 0.3) is 0 Å². The molecule has 2 aliphatic rings. The Kier molecular flexibility index (Phi) is 2.92. The fourth-order valence-corrected chi connectivity index (χ4v) is 3.17. The van der Waals surface area contributed by atoms with E-state index in [9.17, 15) is 18.0 Å². The van der Waals surface area contributed by atoms with Crippen LogP contribution < -0.4 is 10.1 Å². The summed E-state index contributed by atoms with van der Waals surface area (Å²) in [6.07, 6.45) is -2.12. The monoisotopic (exact) mass is 285 g/mol. The minimum absolute atomic E-state index is 0.209. The summed E-state index contributed by atoms with van der Waals surface area (Å²) in [5.74, 6) is -1.57. The third kappa shape index (κ3) is 2.03. The molecule has 1 aromatic carbocycles. The summed E-state index contributed by atoms with van der Waals surface area (Å²) in [6.45, 7) is 0. The maximum Gasteiger partial charge on any atom is 0.471 e. The van der Waals surface area contributed by atoms with Crippen LogP contribution in [0.15, 0.2) is 24.3 Å². The fraction of sp³-hybridized carbons (Fsp3) is 0.500. The van der Waals surface area contributed by atoms with Crippen molar-refractivity contribution in [2.45, 2.75) is 43.5 Å². The first-order chi connectivity index (χ1) is 9.42. The number of halogens is 3. The highest BCUT2D eigenvalue weighted by atomic mass is 19.4. The van der Waals surface area contributed by atoms with Crippen LogP contribution in [0.2, 0.25) is 0 Å². The lowest BCUT2D eigenvalue weighted by Gasteiger charge is -2.38. The van der Waals surface area contributed by atoms with Crippen LogP contribution in [0.4, 0.5) is 13.2 Å². The van der Waals surface area contributed by atoms with E-state index in [4.69, 9.17) is 4.74 Å². The molecular formula is C14H14F3NO2. The van der Waals surface area contributed by atoms with E-state index in [0.29, 0.717) is 12.2 Å². The molecule has 3 nitrogen and oxygen atoms in total. The van der Waals surface area contributed by atoms with Crippen LogP contribution in [0.1, 0.15) is 37.2 Å². The van der Waals surface area contributed by atoms with Crippen LogP contribution in [0.25, 0.3) is 0 Å². The summed E-state index contributed by atoms with van der Waals surface area (Å²) in [4.78, 5) is 11.3. The summed E-state index contributed by atoms with van der Waals surface area (Å²) in [5, 5.41) is 2.10. The van der Waals surface area contributed by atoms with Gasteiger partial charge in [-0.2, -0.15) is 13.2 Å². The Morgan fingerprint density at radius 2 is 2.05 bits per heavy atom. The van der Waals surface area contributed by atoms with Gasteiger partial charge in [0, 0.05) is 17.9 Å². The van der Waals surface area contributed by atoms with Gasteiger partial charge in [-0.25, -0.2) is 0 Å². The van der Waals surface area contributed by atoms with E-state index < -0.39 is 17.8 Å². The summed E-state index contributed by atoms with van der Waals surface area (Å²) in [7, 11) is 0. The molecule has 6 heteroatoms. The van der Waals surface area contributed by atoms with E-state index in [1.807, 2.05) is 12.1 Å². The number of ether oxygens (including phenoxy) is 1. The first-order valence-corrected chi connectivity index (χ1v) is 6.60. The number of benzene rings is 1. The second kappa shape index (κ2) is 4.40. The zero-order valence-corrected chi connectivity index (χ0v) is 10.7. The van der Waals surface area contributed by atoms with E-state index in [-0.39, 0.29) is 5.92 Å². The maximum atomic E-state index is 12.5. The number of rotatable bonds is 1. The van der Waals surface area contributed by atoms with Crippen molar-refractivity contribution >= 4 is 5.91 Å². The smallest absolute Gasteiger partial charge is 0.467 e. The Labute approximate surface area is 114 Å². The van der Waals surface area contributed by atoms with Crippen LogP contribution in [0.5, 0.6) is 5.75 Å². The number of hydrogen-bond donors (Lipinski definition) is 1. The van der Waals surface area contributed by atoms with E-state index >= 15 is 0 Å². The predicted octanol–water partition coefficient (Wildman–Crippen LogP) is 3.11. The van der Waals surface area contributed by atoms with Crippen molar-refractivity contribution in [2.75, 3.05) is 0 Å². The van der Waals surface area contributed by atoms with E-state index in [0.717, 1.165) is 24.8 Å². The van der Waals surface area contributed by atoms with Crippen molar-refractivity contribution < 1.29 is 22.7 Å². The van der Waals surface area contributed by atoms with Gasteiger partial charge in [-0.05, 0) is 18.9 Å². The Balaban J connectivity index is 1.93. The molecule has 3 rings (SSSR count). The molecule has 1 amide bonds. The molecule has 1 saturated carbocycles. The molecule has 20 heavy (non-hydrogen) atoms. The molecule has 0 unspecified atom stereocenters. The molecule has 0 spiro atoms. The number of nitrogens with one attached hydrogen (secondary N) is 1. The van der Waals surface area contributed by atoms with Gasteiger partial charge in [0.1, 0.15) is 5.75 Å². The molecule has 0 saturated heterocycles. The third-order valence-electron chi connectivity index (χ3n) is 4.02. The number of carbonyl (C=O) groups is 1. The molecule has 0 radical (unpaired) electrons. The first kappa shape index (κ1) is 13.3. The third-order valence-corrected chi connectivity index (χ3v) is 4.02. The minimum atomic E-state index is -4.89. The molecule has 2 atom stereocenters. The molecule has 0 aromatic heterocycles. The zero-order chi connectivity index (χ0) is 14.4. The molecule has 0 bridgehead atoms. The average Bonchev–Trinajstić information content (AvgIpc) is 2.71. The zero-order valence-electron chi connectivity index (χ0n) is 10.7. The van der Waals surface area contributed by atoms with Crippen LogP contribution >= 0.6 is 0 Å². The molecule has 1 heterocycles. The largest absolute Gasteiger partial charge is 0.471 e. The van der Waals surface area contributed by atoms with Gasteiger partial charge < -0.3 is 10.1 Å². The van der Waals surface area contributed by atoms with Crippen LogP contribution in [-0.2, 0) is 4.79 Å². The lowest BCUT2D eigenvalue weighted by atomic mass is 9.78. The van der Waals surface area contributed by atoms with Crippen molar-refractivity contribution in [2.24, 2.45) is 0 Å². The molecule has 108 valence electrons. The van der Waals surface area contributed by atoms with E-state index in [1.165, 1.54) is 0 Å². The van der Waals surface area contributed by atoms with Crippen molar-refractivity contribution in [1.82, 2.24) is 5.32 Å². The predicted molar refractivity (Wildman–Crippen MR) is 65.2 cm³/mol. The Morgan fingerprint density at radius 1 is 1.30 bits per heavy atom. The highest BCUT2D eigenvalue weighted by Crippen LogP contribution is 2.50. The number of carbonyl (C=O) groups excluding carboxylic acids is 1. The van der Waals surface area contributed by atoms with Gasteiger partial charge in [0.2, 0.25) is 0 Å². The van der Waals surface area contributed by atoms with E-state index in [2.05, 4.69) is 5.32 Å². The number of fused-ring (bicyclic) bond motifs is 3. The standard InChI is InChI=1S/C14H14F3NO2/c15-14(16,17)12(19)18-13-8-4-3-6-10(13)9-5-1-2-7-11(9)20-13/h1-2,5,7,10H,3-4,6,8H2,(H,18,19)/t10-,13-/m0/s1. The molecule has 1 N–H and O–H groups in total. The highest BCUT2D eigenvalue weighted by molar-refractivity contribution is 5.82. The second-order valence-electron chi connectivity index (χ2n) is 5.28. The number of para-hydroxylation sites is 1. The van der Waals surface area contributed by atoms with Gasteiger partial charge in [0.15, 0.2) is 5.72 Å². The van der Waals surface area contributed by atoms with Crippen LogP contribution in [0, 0.1) is 0 Å². The Hall–Kier alpha value is -1.72. The molecule has 1 aliphatic heterocycles. The van der Waals surface area contributed by atoms with Gasteiger partial charge in [-0.15, -0.1) is 0 Å². The maximum absolute atomic E-state index is 12.5. The quantitative estimate of drug-likeness (QED) is 0.861. The summed E-state index contributed by atoms with van der Waals surface area (Å²) < 4.78 is 43.3. The normalized spacial score (nSPS) is 28.2. The molecule has 1 aliphatic carbocycles. The fourth-order valence-electron chi connectivity index (χ4n) is 3.17. The van der Waals surface area contributed by atoms with Gasteiger partial charge in [-0.1, -0.05) is 24.6 Å². The number of hydrogen-bond acceptors (Lipinski definition) is 2. The SMILES string of the molecule is O=C(N[C@]12CCCC[C@H]1c1ccccc1O2)C(F)(F)F. The van der Waals surface area contributed by atoms with Gasteiger partial charge in [0.05, 0.1) is 0 Å². The average molecular weight is 285 g/mol. The summed E-state index contributed by atoms with van der Waals surface area (Å²) in [6, 6.07) is 7.19. The molecule has 1 aromatic rings. The lowest BCUT2D eigenvalue weighted by Crippen LogP contribution is -2.58. The molecular weight excluding hydrogens is 271 g/mol. The molecule has 1 fully saturated rings. The number of amides is 1. The first-order valence-electron chi connectivity index (χ1n) is 6.60. The highest BCUT2D eigenvalue weighted by Gasteiger charge is 2.53. The van der Waals surface area contributed by atoms with Gasteiger partial charge in [-0.3, -0.25) is 4.79 Å². The minimum Gasteiger partial charge on any atom is -0.467 e. The Bertz CT molecular complexity index is 543. The van der Waals surface area contributed by atoms with Crippen molar-refractivity contribution in [1.29, 1.82) is 0 Å². The number of alkyl halides is 3. The van der Waals surface area contributed by atoms with E-state index in [1.54, 1.807) is 12.1 Å². The van der Waals surface area contributed by atoms with Gasteiger partial charge >= 0.3 is 12.1 Å². The summed E-state index contributed by atoms with van der Waals surface area (Å²) in [5.41, 5.74) is -0.358. The topological polar surface area (TPSA) is 38.3 Å². The van der Waals surface area contributed by atoms with Crippen molar-refractivity contribution in [3.63, 3.8) is 0 Å². The summed E-state index contributed by atoms with van der Waals surface area (Å²) >= 11 is 0. The van der Waals surface area contributed by atoms with Crippen molar-refractivity contribution in [3.8, 4) is 5.75 Å². The van der Waals surface area contributed by atoms with Crippen LogP contribution in [0.3, 0.4) is 0 Å². The lowest BCUT2D eigenvalue weighted by molar-refractivity contribution is -0.180.